The van der Waals surface area contributed by atoms with Gasteiger partial charge in [-0.25, -0.2) is 0 Å². The molecule has 5 heteroatoms. The van der Waals surface area contributed by atoms with E-state index in [0.29, 0.717) is 12.8 Å². The molecule has 1 fully saturated rings. The van der Waals surface area contributed by atoms with Crippen molar-refractivity contribution in [2.75, 3.05) is 13.2 Å². The van der Waals surface area contributed by atoms with Gasteiger partial charge in [-0.2, -0.15) is 13.2 Å². The Morgan fingerprint density at radius 3 is 2.38 bits per heavy atom. The molecular weight excluding hydrogens is 183 g/mol. The van der Waals surface area contributed by atoms with Crippen molar-refractivity contribution in [2.24, 2.45) is 5.92 Å². The van der Waals surface area contributed by atoms with Crippen LogP contribution in [0.4, 0.5) is 13.2 Å². The van der Waals surface area contributed by atoms with Crippen molar-refractivity contribution in [2.45, 2.75) is 31.5 Å². The number of rotatable bonds is 2. The molecule has 0 radical (unpaired) electrons. The van der Waals surface area contributed by atoms with E-state index < -0.39 is 12.1 Å². The van der Waals surface area contributed by atoms with Crippen molar-refractivity contribution in [3.8, 4) is 0 Å². The first kappa shape index (κ1) is 10.8. The highest BCUT2D eigenvalue weighted by Crippen LogP contribution is 2.32. The predicted molar refractivity (Wildman–Crippen MR) is 42.3 cm³/mol. The highest BCUT2D eigenvalue weighted by Gasteiger charge is 2.41. The Morgan fingerprint density at radius 2 is 2.00 bits per heavy atom. The Hall–Kier alpha value is -0.290. The van der Waals surface area contributed by atoms with Crippen LogP contribution in [0, 0.1) is 5.92 Å². The summed E-state index contributed by atoms with van der Waals surface area (Å²) in [6, 6.07) is 0.0589. The van der Waals surface area contributed by atoms with Gasteiger partial charge in [0.2, 0.25) is 0 Å². The van der Waals surface area contributed by atoms with Crippen molar-refractivity contribution in [1.82, 2.24) is 5.32 Å². The lowest BCUT2D eigenvalue weighted by atomic mass is 9.93. The third kappa shape index (κ3) is 3.15. The molecular formula is C8H14F3NO. The lowest BCUT2D eigenvalue weighted by molar-refractivity contribution is -0.179. The second-order valence-corrected chi connectivity index (χ2v) is 3.43. The third-order valence-corrected chi connectivity index (χ3v) is 2.46. The molecule has 1 aliphatic heterocycles. The molecule has 0 aromatic carbocycles. The van der Waals surface area contributed by atoms with Crippen LogP contribution < -0.4 is 5.32 Å². The third-order valence-electron chi connectivity index (χ3n) is 2.46. The van der Waals surface area contributed by atoms with Crippen LogP contribution in [0.25, 0.3) is 0 Å². The van der Waals surface area contributed by atoms with Gasteiger partial charge in [-0.3, -0.25) is 0 Å². The smallest absolute Gasteiger partial charge is 0.393 e. The Balaban J connectivity index is 2.30. The average Bonchev–Trinajstić information content (AvgIpc) is 2.04. The zero-order chi connectivity index (χ0) is 9.90. The lowest BCUT2D eigenvalue weighted by Gasteiger charge is -2.30. The summed E-state index contributed by atoms with van der Waals surface area (Å²) in [4.78, 5) is 0. The van der Waals surface area contributed by atoms with E-state index in [4.69, 9.17) is 5.11 Å². The molecule has 0 aliphatic carbocycles. The number of hydrogen-bond donors (Lipinski definition) is 2. The maximum absolute atomic E-state index is 12.2. The minimum Gasteiger partial charge on any atom is -0.396 e. The van der Waals surface area contributed by atoms with E-state index in [2.05, 4.69) is 5.32 Å². The molecule has 0 bridgehead atoms. The number of halogens is 3. The van der Waals surface area contributed by atoms with Crippen molar-refractivity contribution >= 4 is 0 Å². The van der Waals surface area contributed by atoms with Crippen molar-refractivity contribution in [3.63, 3.8) is 0 Å². The summed E-state index contributed by atoms with van der Waals surface area (Å²) in [6.45, 7) is 0.0303. The van der Waals surface area contributed by atoms with Crippen LogP contribution in [0.15, 0.2) is 0 Å². The number of piperidine rings is 1. The van der Waals surface area contributed by atoms with Gasteiger partial charge < -0.3 is 10.4 Å². The summed E-state index contributed by atoms with van der Waals surface area (Å²) in [5.74, 6) is -1.21. The van der Waals surface area contributed by atoms with E-state index in [-0.39, 0.29) is 25.6 Å². The maximum Gasteiger partial charge on any atom is 0.393 e. The van der Waals surface area contributed by atoms with Gasteiger partial charge in [-0.15, -0.1) is 0 Å². The van der Waals surface area contributed by atoms with Gasteiger partial charge in [-0.1, -0.05) is 0 Å². The van der Waals surface area contributed by atoms with Gasteiger partial charge >= 0.3 is 6.18 Å². The lowest BCUT2D eigenvalue weighted by Crippen LogP contribution is -2.44. The molecule has 2 nitrogen and oxygen atoms in total. The normalized spacial score (nSPS) is 30.5. The predicted octanol–water partition coefficient (Wildman–Crippen LogP) is 1.30. The van der Waals surface area contributed by atoms with Crippen molar-refractivity contribution < 1.29 is 18.3 Å². The van der Waals surface area contributed by atoms with E-state index in [9.17, 15) is 13.2 Å². The first-order valence-electron chi connectivity index (χ1n) is 4.45. The summed E-state index contributed by atoms with van der Waals surface area (Å²) in [5, 5.41) is 11.4. The van der Waals surface area contributed by atoms with Crippen LogP contribution in [0.5, 0.6) is 0 Å². The molecule has 78 valence electrons. The summed E-state index contributed by atoms with van der Waals surface area (Å²) in [5.41, 5.74) is 0. The Labute approximate surface area is 75.1 Å². The zero-order valence-corrected chi connectivity index (χ0v) is 7.27. The number of alkyl halides is 3. The van der Waals surface area contributed by atoms with Crippen LogP contribution in [0.3, 0.4) is 0 Å². The summed E-state index contributed by atoms with van der Waals surface area (Å²) in [7, 11) is 0. The van der Waals surface area contributed by atoms with E-state index in [1.807, 2.05) is 0 Å². The van der Waals surface area contributed by atoms with Gasteiger partial charge in [0.15, 0.2) is 0 Å². The molecule has 0 amide bonds. The molecule has 1 heterocycles. The van der Waals surface area contributed by atoms with Gasteiger partial charge in [0.25, 0.3) is 0 Å². The maximum atomic E-state index is 12.2. The van der Waals surface area contributed by atoms with Crippen LogP contribution in [0.1, 0.15) is 19.3 Å². The Kier molecular flexibility index (Phi) is 3.55. The van der Waals surface area contributed by atoms with E-state index in [1.165, 1.54) is 0 Å². The monoisotopic (exact) mass is 197 g/mol. The number of hydrogen-bond acceptors (Lipinski definition) is 2. The largest absolute Gasteiger partial charge is 0.396 e. The van der Waals surface area contributed by atoms with Gasteiger partial charge in [0.05, 0.1) is 5.92 Å². The number of nitrogens with one attached hydrogen (secondary N) is 1. The molecule has 2 atom stereocenters. The second kappa shape index (κ2) is 4.28. The zero-order valence-electron chi connectivity index (χ0n) is 7.27. The van der Waals surface area contributed by atoms with Crippen LogP contribution in [-0.4, -0.2) is 30.5 Å². The number of aliphatic hydroxyl groups is 1. The Bertz CT molecular complexity index is 152. The quantitative estimate of drug-likeness (QED) is 0.699. The highest BCUT2D eigenvalue weighted by molar-refractivity contribution is 4.81. The highest BCUT2D eigenvalue weighted by atomic mass is 19.4. The first-order chi connectivity index (χ1) is 6.04. The molecule has 0 saturated carbocycles. The van der Waals surface area contributed by atoms with Crippen molar-refractivity contribution in [1.29, 1.82) is 0 Å². The van der Waals surface area contributed by atoms with E-state index >= 15 is 0 Å². The fourth-order valence-electron chi connectivity index (χ4n) is 1.60. The SMILES string of the molecule is OCC[C@H]1CC[C@H](C(F)(F)F)CN1. The summed E-state index contributed by atoms with van der Waals surface area (Å²) >= 11 is 0. The molecule has 2 N–H and O–H groups in total. The molecule has 1 aliphatic rings. The fourth-order valence-corrected chi connectivity index (χ4v) is 1.60. The molecule has 0 spiro atoms. The minimum atomic E-state index is -4.07. The first-order valence-corrected chi connectivity index (χ1v) is 4.45. The van der Waals surface area contributed by atoms with E-state index in [1.54, 1.807) is 0 Å². The molecule has 1 saturated heterocycles. The molecule has 0 aromatic heterocycles. The van der Waals surface area contributed by atoms with Crippen LogP contribution in [0.2, 0.25) is 0 Å². The van der Waals surface area contributed by atoms with Gasteiger partial charge in [0.1, 0.15) is 0 Å². The standard InChI is InChI=1S/C8H14F3NO/c9-8(10,11)6-1-2-7(3-4-13)12-5-6/h6-7,12-13H,1-5H2/t6-,7+/m0/s1. The number of aliphatic hydroxyl groups excluding tert-OH is 1. The molecule has 1 rings (SSSR count). The van der Waals surface area contributed by atoms with Crippen molar-refractivity contribution in [3.05, 3.63) is 0 Å². The molecule has 0 unspecified atom stereocenters. The van der Waals surface area contributed by atoms with Crippen LogP contribution in [-0.2, 0) is 0 Å². The van der Waals surface area contributed by atoms with Gasteiger partial charge in [0, 0.05) is 19.2 Å². The molecule has 13 heavy (non-hydrogen) atoms. The summed E-state index contributed by atoms with van der Waals surface area (Å²) < 4.78 is 36.5. The Morgan fingerprint density at radius 1 is 1.31 bits per heavy atom. The second-order valence-electron chi connectivity index (χ2n) is 3.43. The van der Waals surface area contributed by atoms with Gasteiger partial charge in [-0.05, 0) is 19.3 Å². The summed E-state index contributed by atoms with van der Waals surface area (Å²) in [6.07, 6.45) is -2.84. The fraction of sp³-hybridized carbons (Fsp3) is 1.00. The minimum absolute atomic E-state index is 0.00579. The van der Waals surface area contributed by atoms with Crippen LogP contribution >= 0.6 is 0 Å². The van der Waals surface area contributed by atoms with E-state index in [0.717, 1.165) is 0 Å². The molecule has 0 aromatic rings. The topological polar surface area (TPSA) is 32.3 Å². The average molecular weight is 197 g/mol.